The van der Waals surface area contributed by atoms with E-state index in [0.29, 0.717) is 12.5 Å². The highest BCUT2D eigenvalue weighted by atomic mass is 16.5. The molecule has 0 aliphatic carbocycles. The molecule has 2 aromatic carbocycles. The van der Waals surface area contributed by atoms with Gasteiger partial charge in [0.1, 0.15) is 0 Å². The second kappa shape index (κ2) is 6.57. The highest BCUT2D eigenvalue weighted by Gasteiger charge is 2.27. The van der Waals surface area contributed by atoms with Gasteiger partial charge < -0.3 is 14.5 Å². The molecule has 0 bridgehead atoms. The topological polar surface area (TPSA) is 34.4 Å². The fraction of sp³-hybridized carbons (Fsp3) is 0.300. The Labute approximate surface area is 136 Å². The number of benzene rings is 2. The van der Waals surface area contributed by atoms with Gasteiger partial charge in [-0.25, -0.2) is 0 Å². The minimum atomic E-state index is 0.181. The summed E-state index contributed by atoms with van der Waals surface area (Å²) in [5.41, 5.74) is 2.49. The Morgan fingerprint density at radius 3 is 2.91 bits per heavy atom. The molecule has 4 rings (SSSR count). The Balaban J connectivity index is 1.52. The van der Waals surface area contributed by atoms with Gasteiger partial charge in [-0.05, 0) is 40.9 Å². The van der Waals surface area contributed by atoms with Crippen LogP contribution in [0, 0.1) is 0 Å². The molecule has 3 nitrogen and oxygen atoms in total. The summed E-state index contributed by atoms with van der Waals surface area (Å²) in [6.07, 6.45) is 4.86. The number of fused-ring (bicyclic) bond motifs is 1. The van der Waals surface area contributed by atoms with E-state index >= 15 is 0 Å². The van der Waals surface area contributed by atoms with Crippen LogP contribution in [0.15, 0.2) is 65.5 Å². The van der Waals surface area contributed by atoms with E-state index in [0.717, 1.165) is 19.5 Å². The molecule has 1 fully saturated rings. The molecule has 3 aromatic rings. The lowest BCUT2D eigenvalue weighted by molar-refractivity contribution is 0.0110. The van der Waals surface area contributed by atoms with E-state index in [2.05, 4.69) is 53.8 Å². The maximum atomic E-state index is 6.31. The van der Waals surface area contributed by atoms with Crippen molar-refractivity contribution in [3.63, 3.8) is 0 Å². The summed E-state index contributed by atoms with van der Waals surface area (Å²) in [4.78, 5) is 0. The Bertz CT molecular complexity index is 761. The van der Waals surface area contributed by atoms with Crippen molar-refractivity contribution in [3.05, 3.63) is 72.2 Å². The first-order valence-electron chi connectivity index (χ1n) is 8.23. The van der Waals surface area contributed by atoms with Crippen molar-refractivity contribution in [2.45, 2.75) is 25.0 Å². The van der Waals surface area contributed by atoms with Crippen LogP contribution in [0.4, 0.5) is 0 Å². The molecule has 3 heteroatoms. The Morgan fingerprint density at radius 2 is 2.00 bits per heavy atom. The molecule has 2 atom stereocenters. The van der Waals surface area contributed by atoms with Crippen LogP contribution < -0.4 is 5.32 Å². The summed E-state index contributed by atoms with van der Waals surface area (Å²) in [6.45, 7) is 2.56. The van der Waals surface area contributed by atoms with Crippen LogP contribution in [0.5, 0.6) is 0 Å². The number of furan rings is 1. The van der Waals surface area contributed by atoms with Crippen molar-refractivity contribution in [3.8, 4) is 0 Å². The Kier molecular flexibility index (Phi) is 4.14. The van der Waals surface area contributed by atoms with Gasteiger partial charge >= 0.3 is 0 Å². The monoisotopic (exact) mass is 307 g/mol. The predicted molar refractivity (Wildman–Crippen MR) is 91.5 cm³/mol. The van der Waals surface area contributed by atoms with Crippen LogP contribution in [-0.2, 0) is 11.3 Å². The molecule has 1 aromatic heterocycles. The number of nitrogens with one attached hydrogen (secondary N) is 1. The first-order valence-corrected chi connectivity index (χ1v) is 8.23. The summed E-state index contributed by atoms with van der Waals surface area (Å²) in [5, 5.41) is 5.99. The van der Waals surface area contributed by atoms with Gasteiger partial charge in [-0.2, -0.15) is 0 Å². The van der Waals surface area contributed by atoms with E-state index < -0.39 is 0 Å². The van der Waals surface area contributed by atoms with Crippen molar-refractivity contribution < 1.29 is 9.15 Å². The van der Waals surface area contributed by atoms with E-state index in [1.807, 2.05) is 6.26 Å². The van der Waals surface area contributed by atoms with E-state index in [1.54, 1.807) is 6.26 Å². The average molecular weight is 307 g/mol. The molecule has 1 aliphatic rings. The zero-order valence-electron chi connectivity index (χ0n) is 13.1. The van der Waals surface area contributed by atoms with Crippen LogP contribution in [-0.4, -0.2) is 19.2 Å². The highest BCUT2D eigenvalue weighted by molar-refractivity contribution is 5.85. The lowest BCUT2D eigenvalue weighted by Crippen LogP contribution is -2.40. The van der Waals surface area contributed by atoms with Gasteiger partial charge in [-0.1, -0.05) is 42.5 Å². The number of ether oxygens (including phenoxy) is 1. The number of rotatable bonds is 4. The minimum Gasteiger partial charge on any atom is -0.472 e. The summed E-state index contributed by atoms with van der Waals surface area (Å²) in [6, 6.07) is 16.9. The number of piperidine rings is 1. The molecular formula is C20H21NO2. The molecule has 1 N–H and O–H groups in total. The maximum Gasteiger partial charge on any atom is 0.0938 e. The Hall–Kier alpha value is -2.10. The molecule has 0 radical (unpaired) electrons. The zero-order chi connectivity index (χ0) is 15.5. The van der Waals surface area contributed by atoms with Crippen LogP contribution in [0.25, 0.3) is 10.8 Å². The van der Waals surface area contributed by atoms with Crippen molar-refractivity contribution in [2.24, 2.45) is 0 Å². The molecule has 0 spiro atoms. The second-order valence-corrected chi connectivity index (χ2v) is 6.14. The molecule has 2 heterocycles. The quantitative estimate of drug-likeness (QED) is 0.788. The first kappa shape index (κ1) is 14.5. The largest absolute Gasteiger partial charge is 0.472 e. The van der Waals surface area contributed by atoms with Crippen LogP contribution in [0.2, 0.25) is 0 Å². The first-order chi connectivity index (χ1) is 11.4. The highest BCUT2D eigenvalue weighted by Crippen LogP contribution is 2.29. The molecule has 118 valence electrons. The zero-order valence-corrected chi connectivity index (χ0v) is 13.1. The van der Waals surface area contributed by atoms with Gasteiger partial charge in [0.25, 0.3) is 0 Å². The molecule has 23 heavy (non-hydrogen) atoms. The van der Waals surface area contributed by atoms with E-state index in [4.69, 9.17) is 9.15 Å². The van der Waals surface area contributed by atoms with Gasteiger partial charge in [-0.3, -0.25) is 0 Å². The van der Waals surface area contributed by atoms with Gasteiger partial charge in [0.2, 0.25) is 0 Å². The third-order valence-electron chi connectivity index (χ3n) is 4.73. The second-order valence-electron chi connectivity index (χ2n) is 6.14. The predicted octanol–water partition coefficient (Wildman–Crippen LogP) is 4.10. The van der Waals surface area contributed by atoms with Gasteiger partial charge in [-0.15, -0.1) is 0 Å². The lowest BCUT2D eigenvalue weighted by Gasteiger charge is -2.31. The molecular weight excluding hydrogens is 286 g/mol. The molecule has 0 amide bonds. The van der Waals surface area contributed by atoms with Gasteiger partial charge in [0, 0.05) is 12.5 Å². The third-order valence-corrected chi connectivity index (χ3v) is 4.73. The smallest absolute Gasteiger partial charge is 0.0938 e. The fourth-order valence-corrected chi connectivity index (χ4v) is 3.49. The normalized spacial score (nSPS) is 21.6. The molecule has 1 saturated heterocycles. The third kappa shape index (κ3) is 3.03. The minimum absolute atomic E-state index is 0.181. The number of hydrogen-bond acceptors (Lipinski definition) is 3. The summed E-state index contributed by atoms with van der Waals surface area (Å²) in [5.74, 6) is 0.407. The van der Waals surface area contributed by atoms with E-state index in [-0.39, 0.29) is 6.10 Å². The van der Waals surface area contributed by atoms with Gasteiger partial charge in [0.15, 0.2) is 0 Å². The average Bonchev–Trinajstić information content (AvgIpc) is 3.14. The standard InChI is InChI=1S/C20H21NO2/c1-2-7-18-15(4-1)5-3-6-16(18)14-23-20-12-21-10-8-19(20)17-9-11-22-13-17/h1-7,9,11,13,19-21H,8,10,12,14H2/t19-,20-/m0/s1. The van der Waals surface area contributed by atoms with E-state index in [9.17, 15) is 0 Å². The Morgan fingerprint density at radius 1 is 1.09 bits per heavy atom. The summed E-state index contributed by atoms with van der Waals surface area (Å²) in [7, 11) is 0. The molecule has 0 saturated carbocycles. The SMILES string of the molecule is c1ccc2c(CO[C@H]3CNCC[C@H]3c3ccoc3)cccc2c1. The van der Waals surface area contributed by atoms with Crippen molar-refractivity contribution in [1.29, 1.82) is 0 Å². The molecule has 0 unspecified atom stereocenters. The van der Waals surface area contributed by atoms with Crippen molar-refractivity contribution in [1.82, 2.24) is 5.32 Å². The number of hydrogen-bond donors (Lipinski definition) is 1. The fourth-order valence-electron chi connectivity index (χ4n) is 3.49. The van der Waals surface area contributed by atoms with E-state index in [1.165, 1.54) is 21.9 Å². The van der Waals surface area contributed by atoms with Crippen molar-refractivity contribution >= 4 is 10.8 Å². The maximum absolute atomic E-state index is 6.31. The van der Waals surface area contributed by atoms with Crippen LogP contribution >= 0.6 is 0 Å². The van der Waals surface area contributed by atoms with Crippen molar-refractivity contribution in [2.75, 3.05) is 13.1 Å². The summed E-state index contributed by atoms with van der Waals surface area (Å²) >= 11 is 0. The summed E-state index contributed by atoms with van der Waals surface area (Å²) < 4.78 is 11.6. The van der Waals surface area contributed by atoms with Crippen LogP contribution in [0.3, 0.4) is 0 Å². The molecule has 1 aliphatic heterocycles. The van der Waals surface area contributed by atoms with Crippen LogP contribution in [0.1, 0.15) is 23.5 Å². The van der Waals surface area contributed by atoms with Gasteiger partial charge in [0.05, 0.1) is 25.2 Å². The lowest BCUT2D eigenvalue weighted by atomic mass is 9.89.